The molecule has 1 heterocycles. The molecule has 0 aliphatic carbocycles. The Hall–Kier alpha value is -3.42. The standard InChI is InChI=1S/C25H30FN3O4/c1-4-12-27-24(31)22-23(18-6-5-7-20(14-18)28-21(30)13-16(2)3)33-25(32)29(22)15-17-8-10-19(26)11-9-17/h5-11,14,16,22-23H,4,12-13,15H2,1-3H3,(H,27,31)(H,28,30). The first-order chi connectivity index (χ1) is 15.8. The maximum absolute atomic E-state index is 13.3. The number of rotatable bonds is 9. The van der Waals surface area contributed by atoms with Crippen molar-refractivity contribution < 1.29 is 23.5 Å². The molecule has 1 aliphatic heterocycles. The number of nitrogens with zero attached hydrogens (tertiary/aromatic N) is 1. The van der Waals surface area contributed by atoms with Crippen LogP contribution in [-0.2, 0) is 20.9 Å². The lowest BCUT2D eigenvalue weighted by Gasteiger charge is -2.24. The molecular weight excluding hydrogens is 425 g/mol. The predicted molar refractivity (Wildman–Crippen MR) is 123 cm³/mol. The van der Waals surface area contributed by atoms with Gasteiger partial charge in [-0.1, -0.05) is 45.0 Å². The molecule has 7 nitrogen and oxygen atoms in total. The summed E-state index contributed by atoms with van der Waals surface area (Å²) in [4.78, 5) is 39.4. The number of amides is 3. The second kappa shape index (κ2) is 10.9. The summed E-state index contributed by atoms with van der Waals surface area (Å²) in [6.45, 7) is 6.43. The van der Waals surface area contributed by atoms with Crippen LogP contribution in [-0.4, -0.2) is 35.4 Å². The van der Waals surface area contributed by atoms with E-state index in [4.69, 9.17) is 4.74 Å². The number of halogens is 1. The molecule has 33 heavy (non-hydrogen) atoms. The van der Waals surface area contributed by atoms with Crippen LogP contribution in [0.4, 0.5) is 14.9 Å². The van der Waals surface area contributed by atoms with Crippen LogP contribution in [0.5, 0.6) is 0 Å². The second-order valence-corrected chi connectivity index (χ2v) is 8.57. The van der Waals surface area contributed by atoms with E-state index in [1.807, 2.05) is 20.8 Å². The highest BCUT2D eigenvalue weighted by Crippen LogP contribution is 2.35. The van der Waals surface area contributed by atoms with Crippen molar-refractivity contribution in [2.24, 2.45) is 5.92 Å². The molecule has 1 saturated heterocycles. The molecule has 2 aromatic carbocycles. The Morgan fingerprint density at radius 1 is 1.15 bits per heavy atom. The number of nitrogens with one attached hydrogen (secondary N) is 2. The van der Waals surface area contributed by atoms with Crippen LogP contribution in [0, 0.1) is 11.7 Å². The fraction of sp³-hybridized carbons (Fsp3) is 0.400. The van der Waals surface area contributed by atoms with Crippen molar-refractivity contribution in [3.05, 3.63) is 65.5 Å². The van der Waals surface area contributed by atoms with Crippen LogP contribution >= 0.6 is 0 Å². The van der Waals surface area contributed by atoms with Gasteiger partial charge >= 0.3 is 6.09 Å². The number of benzene rings is 2. The highest BCUT2D eigenvalue weighted by molar-refractivity contribution is 5.91. The first-order valence-corrected chi connectivity index (χ1v) is 11.2. The van der Waals surface area contributed by atoms with Crippen molar-refractivity contribution in [1.29, 1.82) is 0 Å². The molecule has 3 rings (SSSR count). The van der Waals surface area contributed by atoms with E-state index in [0.29, 0.717) is 29.8 Å². The zero-order chi connectivity index (χ0) is 24.0. The van der Waals surface area contributed by atoms with Gasteiger partial charge in [0.2, 0.25) is 11.8 Å². The summed E-state index contributed by atoms with van der Waals surface area (Å²) in [6, 6.07) is 11.8. The lowest BCUT2D eigenvalue weighted by molar-refractivity contribution is -0.126. The van der Waals surface area contributed by atoms with E-state index < -0.39 is 18.2 Å². The van der Waals surface area contributed by atoms with Crippen molar-refractivity contribution in [1.82, 2.24) is 10.2 Å². The van der Waals surface area contributed by atoms with E-state index in [9.17, 15) is 18.8 Å². The van der Waals surface area contributed by atoms with Gasteiger partial charge in [0.05, 0.1) is 6.54 Å². The van der Waals surface area contributed by atoms with Gasteiger partial charge in [0.15, 0.2) is 12.1 Å². The summed E-state index contributed by atoms with van der Waals surface area (Å²) < 4.78 is 18.9. The molecule has 3 amide bonds. The van der Waals surface area contributed by atoms with Gasteiger partial charge in [-0.25, -0.2) is 9.18 Å². The molecule has 0 spiro atoms. The molecule has 2 atom stereocenters. The maximum Gasteiger partial charge on any atom is 0.411 e. The minimum atomic E-state index is -0.907. The number of ether oxygens (including phenoxy) is 1. The van der Waals surface area contributed by atoms with E-state index >= 15 is 0 Å². The number of cyclic esters (lactones) is 1. The Morgan fingerprint density at radius 2 is 1.88 bits per heavy atom. The quantitative estimate of drug-likeness (QED) is 0.587. The summed E-state index contributed by atoms with van der Waals surface area (Å²) >= 11 is 0. The van der Waals surface area contributed by atoms with E-state index in [-0.39, 0.29) is 30.1 Å². The van der Waals surface area contributed by atoms with Gasteiger partial charge in [0.1, 0.15) is 5.82 Å². The summed E-state index contributed by atoms with van der Waals surface area (Å²) in [6.07, 6.45) is -0.351. The molecule has 1 fully saturated rings. The summed E-state index contributed by atoms with van der Waals surface area (Å²) in [5.41, 5.74) is 1.85. The first kappa shape index (κ1) is 24.2. The number of carbonyl (C=O) groups is 3. The Kier molecular flexibility index (Phi) is 8.03. The van der Waals surface area contributed by atoms with Crippen LogP contribution in [0.2, 0.25) is 0 Å². The van der Waals surface area contributed by atoms with Crippen LogP contribution in [0.15, 0.2) is 48.5 Å². The lowest BCUT2D eigenvalue weighted by Crippen LogP contribution is -2.46. The van der Waals surface area contributed by atoms with Crippen molar-refractivity contribution in [3.63, 3.8) is 0 Å². The number of hydrogen-bond donors (Lipinski definition) is 2. The number of anilines is 1. The highest BCUT2D eigenvalue weighted by atomic mass is 19.1. The molecule has 2 unspecified atom stereocenters. The number of hydrogen-bond acceptors (Lipinski definition) is 4. The van der Waals surface area contributed by atoms with Crippen molar-refractivity contribution in [2.45, 2.75) is 52.3 Å². The van der Waals surface area contributed by atoms with Gasteiger partial charge in [-0.15, -0.1) is 0 Å². The van der Waals surface area contributed by atoms with E-state index in [0.717, 1.165) is 6.42 Å². The Morgan fingerprint density at radius 3 is 2.55 bits per heavy atom. The van der Waals surface area contributed by atoms with Gasteiger partial charge in [0, 0.05) is 18.7 Å². The minimum absolute atomic E-state index is 0.102. The molecule has 2 aromatic rings. The maximum atomic E-state index is 13.3. The van der Waals surface area contributed by atoms with Gasteiger partial charge < -0.3 is 15.4 Å². The smallest absolute Gasteiger partial charge is 0.411 e. The summed E-state index contributed by atoms with van der Waals surface area (Å²) in [5.74, 6) is -0.602. The van der Waals surface area contributed by atoms with Crippen molar-refractivity contribution in [2.75, 3.05) is 11.9 Å². The molecule has 176 valence electrons. The Bertz CT molecular complexity index is 993. The number of carbonyl (C=O) groups excluding carboxylic acids is 3. The molecule has 1 aliphatic rings. The molecule has 0 bridgehead atoms. The minimum Gasteiger partial charge on any atom is -0.438 e. The molecule has 8 heteroatoms. The van der Waals surface area contributed by atoms with Crippen LogP contribution in [0.25, 0.3) is 0 Å². The van der Waals surface area contributed by atoms with Gasteiger partial charge in [-0.2, -0.15) is 0 Å². The Balaban J connectivity index is 1.87. The fourth-order valence-corrected chi connectivity index (χ4v) is 3.73. The van der Waals surface area contributed by atoms with E-state index in [1.165, 1.54) is 17.0 Å². The monoisotopic (exact) mass is 455 g/mol. The average molecular weight is 456 g/mol. The molecule has 0 radical (unpaired) electrons. The SMILES string of the molecule is CCCNC(=O)C1C(c2cccc(NC(=O)CC(C)C)c2)OC(=O)N1Cc1ccc(F)cc1. The molecule has 0 saturated carbocycles. The summed E-state index contributed by atoms with van der Waals surface area (Å²) in [7, 11) is 0. The third-order valence-corrected chi connectivity index (χ3v) is 5.26. The topological polar surface area (TPSA) is 87.7 Å². The second-order valence-electron chi connectivity index (χ2n) is 8.57. The molecule has 2 N–H and O–H groups in total. The summed E-state index contributed by atoms with van der Waals surface area (Å²) in [5, 5.41) is 5.70. The van der Waals surface area contributed by atoms with Crippen molar-refractivity contribution >= 4 is 23.6 Å². The predicted octanol–water partition coefficient (Wildman–Crippen LogP) is 4.40. The largest absolute Gasteiger partial charge is 0.438 e. The van der Waals surface area contributed by atoms with Crippen LogP contribution in [0.1, 0.15) is 50.8 Å². The van der Waals surface area contributed by atoms with Gasteiger partial charge in [-0.3, -0.25) is 14.5 Å². The average Bonchev–Trinajstić information content (AvgIpc) is 3.09. The van der Waals surface area contributed by atoms with E-state index in [2.05, 4.69) is 10.6 Å². The third kappa shape index (κ3) is 6.31. The third-order valence-electron chi connectivity index (χ3n) is 5.26. The van der Waals surface area contributed by atoms with Crippen LogP contribution < -0.4 is 10.6 Å². The van der Waals surface area contributed by atoms with Crippen LogP contribution in [0.3, 0.4) is 0 Å². The first-order valence-electron chi connectivity index (χ1n) is 11.2. The van der Waals surface area contributed by atoms with E-state index in [1.54, 1.807) is 36.4 Å². The molecule has 0 aromatic heterocycles. The normalized spacial score (nSPS) is 17.7. The van der Waals surface area contributed by atoms with Gasteiger partial charge in [-0.05, 0) is 47.7 Å². The van der Waals surface area contributed by atoms with Crippen molar-refractivity contribution in [3.8, 4) is 0 Å². The zero-order valence-electron chi connectivity index (χ0n) is 19.1. The highest BCUT2D eigenvalue weighted by Gasteiger charge is 2.46. The fourth-order valence-electron chi connectivity index (χ4n) is 3.73. The molecular formula is C25H30FN3O4. The van der Waals surface area contributed by atoms with Gasteiger partial charge in [0.25, 0.3) is 0 Å². The Labute approximate surface area is 193 Å². The zero-order valence-corrected chi connectivity index (χ0v) is 19.1. The lowest BCUT2D eigenvalue weighted by atomic mass is 10.00.